The van der Waals surface area contributed by atoms with E-state index in [1.807, 2.05) is 23.9 Å². The molecule has 1 aromatic carbocycles. The maximum Gasteiger partial charge on any atom is 0.119 e. The van der Waals surface area contributed by atoms with Gasteiger partial charge < -0.3 is 15.2 Å². The number of ether oxygens (including phenoxy) is 1. The van der Waals surface area contributed by atoms with E-state index in [2.05, 4.69) is 31.3 Å². The highest BCUT2D eigenvalue weighted by molar-refractivity contribution is 8.00. The fraction of sp³-hybridized carbons (Fsp3) is 0.647. The van der Waals surface area contributed by atoms with Crippen molar-refractivity contribution < 1.29 is 9.84 Å². The molecule has 0 saturated carbocycles. The van der Waals surface area contributed by atoms with Crippen molar-refractivity contribution in [2.24, 2.45) is 0 Å². The Balaban J connectivity index is 1.63. The van der Waals surface area contributed by atoms with Crippen molar-refractivity contribution in [3.8, 4) is 5.75 Å². The average molecular weight is 309 g/mol. The van der Waals surface area contributed by atoms with E-state index in [4.69, 9.17) is 4.74 Å². The van der Waals surface area contributed by atoms with Crippen molar-refractivity contribution in [3.05, 3.63) is 29.8 Å². The SMILES string of the molecule is CCc1ccc(OCC(O)CNCC2(C)CCCS2)cc1. The van der Waals surface area contributed by atoms with Gasteiger partial charge in [-0.15, -0.1) is 0 Å². The lowest BCUT2D eigenvalue weighted by Crippen LogP contribution is -2.39. The molecule has 0 aliphatic carbocycles. The molecular weight excluding hydrogens is 282 g/mol. The van der Waals surface area contributed by atoms with Crippen LogP contribution in [0.3, 0.4) is 0 Å². The Morgan fingerprint density at radius 3 is 2.76 bits per heavy atom. The van der Waals surface area contributed by atoms with Crippen LogP contribution in [0.1, 0.15) is 32.3 Å². The summed E-state index contributed by atoms with van der Waals surface area (Å²) in [4.78, 5) is 0. The molecule has 1 fully saturated rings. The van der Waals surface area contributed by atoms with Crippen LogP contribution in [-0.4, -0.2) is 41.4 Å². The van der Waals surface area contributed by atoms with Crippen LogP contribution in [0.4, 0.5) is 0 Å². The zero-order valence-corrected chi connectivity index (χ0v) is 13.9. The molecule has 1 saturated heterocycles. The van der Waals surface area contributed by atoms with Crippen molar-refractivity contribution >= 4 is 11.8 Å². The maximum absolute atomic E-state index is 9.97. The van der Waals surface area contributed by atoms with Crippen molar-refractivity contribution in [2.75, 3.05) is 25.4 Å². The second-order valence-electron chi connectivity index (χ2n) is 6.00. The predicted molar refractivity (Wildman–Crippen MR) is 90.3 cm³/mol. The molecule has 1 aliphatic rings. The molecule has 2 N–H and O–H groups in total. The van der Waals surface area contributed by atoms with Crippen molar-refractivity contribution in [2.45, 2.75) is 44.0 Å². The molecular formula is C17H27NO2S. The summed E-state index contributed by atoms with van der Waals surface area (Å²) in [5.74, 6) is 2.09. The van der Waals surface area contributed by atoms with E-state index < -0.39 is 6.10 Å². The largest absolute Gasteiger partial charge is 0.491 e. The Hall–Kier alpha value is -0.710. The van der Waals surface area contributed by atoms with Gasteiger partial charge in [0, 0.05) is 17.8 Å². The number of thioether (sulfide) groups is 1. The molecule has 2 unspecified atom stereocenters. The van der Waals surface area contributed by atoms with Gasteiger partial charge in [0.2, 0.25) is 0 Å². The Kier molecular flexibility index (Phi) is 6.40. The molecule has 0 spiro atoms. The maximum atomic E-state index is 9.97. The smallest absolute Gasteiger partial charge is 0.119 e. The van der Waals surface area contributed by atoms with Gasteiger partial charge in [0.1, 0.15) is 18.5 Å². The molecule has 0 aromatic heterocycles. The Labute approximate surface area is 132 Å². The van der Waals surface area contributed by atoms with Gasteiger partial charge in [-0.2, -0.15) is 11.8 Å². The molecule has 1 heterocycles. The molecule has 0 amide bonds. The van der Waals surface area contributed by atoms with Crippen LogP contribution in [0.15, 0.2) is 24.3 Å². The van der Waals surface area contributed by atoms with E-state index >= 15 is 0 Å². The zero-order valence-electron chi connectivity index (χ0n) is 13.1. The fourth-order valence-electron chi connectivity index (χ4n) is 2.55. The Bertz CT molecular complexity index is 415. The first-order valence-electron chi connectivity index (χ1n) is 7.86. The lowest BCUT2D eigenvalue weighted by Gasteiger charge is -2.24. The van der Waals surface area contributed by atoms with E-state index in [-0.39, 0.29) is 0 Å². The molecule has 21 heavy (non-hydrogen) atoms. The first-order chi connectivity index (χ1) is 10.1. The first kappa shape index (κ1) is 16.7. The van der Waals surface area contributed by atoms with Crippen LogP contribution in [0.25, 0.3) is 0 Å². The number of aliphatic hydroxyl groups excluding tert-OH is 1. The number of aliphatic hydroxyl groups is 1. The lowest BCUT2D eigenvalue weighted by atomic mass is 10.1. The minimum Gasteiger partial charge on any atom is -0.491 e. The second-order valence-corrected chi connectivity index (χ2v) is 7.68. The molecule has 118 valence electrons. The van der Waals surface area contributed by atoms with Gasteiger partial charge in [-0.1, -0.05) is 19.1 Å². The number of nitrogens with one attached hydrogen (secondary N) is 1. The average Bonchev–Trinajstić information content (AvgIpc) is 2.92. The van der Waals surface area contributed by atoms with Crippen LogP contribution in [-0.2, 0) is 6.42 Å². The normalized spacial score (nSPS) is 23.2. The second kappa shape index (κ2) is 8.06. The first-order valence-corrected chi connectivity index (χ1v) is 8.84. The standard InChI is InChI=1S/C17H27NO2S/c1-3-14-5-7-16(8-6-14)20-12-15(19)11-18-13-17(2)9-4-10-21-17/h5-8,15,18-19H,3-4,9-13H2,1-2H3. The number of rotatable bonds is 8. The molecule has 1 aliphatic heterocycles. The molecule has 2 rings (SSSR count). The summed E-state index contributed by atoms with van der Waals surface area (Å²) in [6, 6.07) is 8.07. The molecule has 0 bridgehead atoms. The van der Waals surface area contributed by atoms with Gasteiger partial charge in [-0.3, -0.25) is 0 Å². The van der Waals surface area contributed by atoms with Gasteiger partial charge in [-0.25, -0.2) is 0 Å². The monoisotopic (exact) mass is 309 g/mol. The Morgan fingerprint density at radius 2 is 2.14 bits per heavy atom. The summed E-state index contributed by atoms with van der Waals surface area (Å²) in [5.41, 5.74) is 1.30. The van der Waals surface area contributed by atoms with E-state index in [0.717, 1.165) is 18.7 Å². The molecule has 1 aromatic rings. The third kappa shape index (κ3) is 5.53. The topological polar surface area (TPSA) is 41.5 Å². The number of benzene rings is 1. The number of aryl methyl sites for hydroxylation is 1. The van der Waals surface area contributed by atoms with Gasteiger partial charge >= 0.3 is 0 Å². The summed E-state index contributed by atoms with van der Waals surface area (Å²) >= 11 is 2.03. The Morgan fingerprint density at radius 1 is 1.38 bits per heavy atom. The quantitative estimate of drug-likeness (QED) is 0.775. The fourth-order valence-corrected chi connectivity index (χ4v) is 3.83. The highest BCUT2D eigenvalue weighted by Crippen LogP contribution is 2.36. The van der Waals surface area contributed by atoms with Gasteiger partial charge in [0.15, 0.2) is 0 Å². The summed E-state index contributed by atoms with van der Waals surface area (Å²) in [6.45, 7) is 6.32. The van der Waals surface area contributed by atoms with Gasteiger partial charge in [-0.05, 0) is 49.6 Å². The van der Waals surface area contributed by atoms with Gasteiger partial charge in [0.25, 0.3) is 0 Å². The zero-order chi connectivity index (χ0) is 15.1. The van der Waals surface area contributed by atoms with Gasteiger partial charge in [0.05, 0.1) is 0 Å². The predicted octanol–water partition coefficient (Wildman–Crippen LogP) is 2.86. The summed E-state index contributed by atoms with van der Waals surface area (Å²) in [7, 11) is 0. The summed E-state index contributed by atoms with van der Waals surface area (Å²) in [5, 5.41) is 13.3. The van der Waals surface area contributed by atoms with Crippen LogP contribution in [0.2, 0.25) is 0 Å². The number of hydrogen-bond donors (Lipinski definition) is 2. The van der Waals surface area contributed by atoms with Crippen LogP contribution in [0.5, 0.6) is 5.75 Å². The van der Waals surface area contributed by atoms with Crippen molar-refractivity contribution in [1.29, 1.82) is 0 Å². The number of hydrogen-bond acceptors (Lipinski definition) is 4. The summed E-state index contributed by atoms with van der Waals surface area (Å²) < 4.78 is 5.96. The minimum absolute atomic E-state index is 0.336. The van der Waals surface area contributed by atoms with E-state index in [9.17, 15) is 5.11 Å². The molecule has 3 nitrogen and oxygen atoms in total. The van der Waals surface area contributed by atoms with E-state index in [0.29, 0.717) is 17.9 Å². The summed E-state index contributed by atoms with van der Waals surface area (Å²) in [6.07, 6.45) is 3.14. The highest BCUT2D eigenvalue weighted by atomic mass is 32.2. The van der Waals surface area contributed by atoms with Crippen LogP contribution >= 0.6 is 11.8 Å². The minimum atomic E-state index is -0.467. The van der Waals surface area contributed by atoms with Crippen LogP contribution in [0, 0.1) is 0 Å². The van der Waals surface area contributed by atoms with Crippen molar-refractivity contribution in [3.63, 3.8) is 0 Å². The van der Waals surface area contributed by atoms with Crippen LogP contribution < -0.4 is 10.1 Å². The van der Waals surface area contributed by atoms with E-state index in [1.54, 1.807) is 0 Å². The lowest BCUT2D eigenvalue weighted by molar-refractivity contribution is 0.106. The third-order valence-corrected chi connectivity index (χ3v) is 5.49. The molecule has 4 heteroatoms. The molecule has 0 radical (unpaired) electrons. The van der Waals surface area contributed by atoms with Crippen molar-refractivity contribution in [1.82, 2.24) is 5.32 Å². The van der Waals surface area contributed by atoms with E-state index in [1.165, 1.54) is 24.2 Å². The molecule has 2 atom stereocenters. The highest BCUT2D eigenvalue weighted by Gasteiger charge is 2.28. The third-order valence-electron chi connectivity index (χ3n) is 3.95.